The molecule has 3 aliphatic heterocycles. The third kappa shape index (κ3) is 5.87. The number of unbranched alkanes of at least 4 members (excludes halogenated alkanes) is 1. The van der Waals surface area contributed by atoms with Crippen LogP contribution in [0.1, 0.15) is 64.5 Å². The summed E-state index contributed by atoms with van der Waals surface area (Å²) in [5.41, 5.74) is 5.19. The number of benzene rings is 2. The van der Waals surface area contributed by atoms with Gasteiger partial charge in [-0.25, -0.2) is 21.3 Å². The summed E-state index contributed by atoms with van der Waals surface area (Å²) in [6.45, 7) is 9.57. The molecule has 0 aromatic heterocycles. The van der Waals surface area contributed by atoms with Crippen molar-refractivity contribution < 1.29 is 81.9 Å². The monoisotopic (exact) mass is 637 g/mol. The van der Waals surface area contributed by atoms with Crippen LogP contribution < -0.4 is 55.9 Å². The van der Waals surface area contributed by atoms with Gasteiger partial charge < -0.3 is 9.11 Å². The molecule has 1 spiro atoms. The summed E-state index contributed by atoms with van der Waals surface area (Å²) < 4.78 is 73.4. The maximum Gasteiger partial charge on any atom is 1.00 e. The van der Waals surface area contributed by atoms with Crippen LogP contribution in [0.15, 0.2) is 72.5 Å². The zero-order valence-corrected chi connectivity index (χ0v) is 29.8. The smallest absolute Gasteiger partial charge is 0.748 e. The Labute approximate surface area is 292 Å². The van der Waals surface area contributed by atoms with Crippen molar-refractivity contribution in [3.05, 3.63) is 83.6 Å². The van der Waals surface area contributed by atoms with Gasteiger partial charge in [-0.3, -0.25) is 0 Å². The molecule has 2 aromatic rings. The van der Waals surface area contributed by atoms with Crippen LogP contribution in [0.25, 0.3) is 0 Å². The first-order valence-corrected chi connectivity index (χ1v) is 17.2. The third-order valence-electron chi connectivity index (χ3n) is 9.20. The van der Waals surface area contributed by atoms with Crippen molar-refractivity contribution in [3.8, 4) is 0 Å². The van der Waals surface area contributed by atoms with E-state index in [-0.39, 0.29) is 73.5 Å². The van der Waals surface area contributed by atoms with E-state index >= 15 is 0 Å². The summed E-state index contributed by atoms with van der Waals surface area (Å²) in [7, 11) is -8.83. The fraction of sp³-hybridized carbons (Fsp3) is 0.452. The minimum absolute atomic E-state index is 0. The van der Waals surface area contributed by atoms with Crippen molar-refractivity contribution in [2.75, 3.05) is 18.8 Å². The summed E-state index contributed by atoms with van der Waals surface area (Å²) in [6, 6.07) is 16.0. The second-order valence-corrected chi connectivity index (χ2v) is 15.4. The van der Waals surface area contributed by atoms with E-state index in [9.17, 15) is 25.9 Å². The molecule has 3 aliphatic rings. The van der Waals surface area contributed by atoms with Gasteiger partial charge in [0.25, 0.3) is 0 Å². The number of para-hydroxylation sites is 2. The van der Waals surface area contributed by atoms with Crippen molar-refractivity contribution >= 4 is 37.3 Å². The van der Waals surface area contributed by atoms with E-state index in [1.807, 2.05) is 60.7 Å². The first kappa shape index (κ1) is 33.9. The van der Waals surface area contributed by atoms with Gasteiger partial charge in [0.1, 0.15) is 17.9 Å². The van der Waals surface area contributed by atoms with E-state index < -0.39 is 31.0 Å². The van der Waals surface area contributed by atoms with Crippen LogP contribution in [-0.2, 0) is 31.1 Å². The summed E-state index contributed by atoms with van der Waals surface area (Å²) in [5, 5.41) is -1.07. The summed E-state index contributed by atoms with van der Waals surface area (Å²) in [6.07, 6.45) is 7.79. The molecule has 0 aliphatic carbocycles. The average molecular weight is 638 g/mol. The van der Waals surface area contributed by atoms with Crippen LogP contribution in [-0.4, -0.2) is 60.4 Å². The van der Waals surface area contributed by atoms with Gasteiger partial charge in [-0.05, 0) is 46.3 Å². The van der Waals surface area contributed by atoms with Crippen molar-refractivity contribution in [1.82, 2.24) is 4.48 Å². The molecule has 8 nitrogen and oxygen atoms in total. The molecule has 2 atom stereocenters. The normalized spacial score (nSPS) is 25.3. The Balaban J connectivity index is 0.00000405. The zero-order valence-electron chi connectivity index (χ0n) is 25.0. The number of allylic oxidation sites excluding steroid dienone is 4. The topological polar surface area (TPSA) is 117 Å². The Bertz CT molecular complexity index is 1690. The molecule has 0 saturated carbocycles. The van der Waals surface area contributed by atoms with Crippen molar-refractivity contribution in [2.24, 2.45) is 0 Å². The van der Waals surface area contributed by atoms with Crippen LogP contribution in [0.2, 0.25) is 0 Å². The van der Waals surface area contributed by atoms with Crippen LogP contribution in [0.5, 0.6) is 0 Å². The van der Waals surface area contributed by atoms with Gasteiger partial charge in [-0.1, -0.05) is 42.5 Å². The predicted octanol–water partition coefficient (Wildman–Crippen LogP) is 1.80. The fourth-order valence-electron chi connectivity index (χ4n) is 7.41. The van der Waals surface area contributed by atoms with E-state index in [1.54, 1.807) is 0 Å². The van der Waals surface area contributed by atoms with Gasteiger partial charge in [0.05, 0.1) is 27.5 Å². The summed E-state index contributed by atoms with van der Waals surface area (Å²) in [5.74, 6) is -0.386. The fourth-order valence-corrected chi connectivity index (χ4v) is 9.20. The summed E-state index contributed by atoms with van der Waals surface area (Å²) >= 11 is 0. The van der Waals surface area contributed by atoms with Gasteiger partial charge in [-0.2, -0.15) is 4.58 Å². The molecule has 1 fully saturated rings. The summed E-state index contributed by atoms with van der Waals surface area (Å²) in [4.78, 5) is 0. The standard InChI is InChI=1S/C31H38N2O6S2.K/c1-30(2)23-13-5-7-15-25(23)32(20-9-10-22-40(34,35)36)27(30)17-11-18-28-31(3,4)24-14-6-8-16-26(24)33(28)21-12-19-29(33)41(37,38)39;/h5-8,11,13-18,29H,9-10,12,19-22H2,1-4H3;/q;+1/b17-11?,28-18+;. The van der Waals surface area contributed by atoms with E-state index in [0.29, 0.717) is 32.4 Å². The third-order valence-corrected chi connectivity index (χ3v) is 11.2. The Hall–Kier alpha value is -0.994. The van der Waals surface area contributed by atoms with Gasteiger partial charge in [0.2, 0.25) is 5.69 Å². The Morgan fingerprint density at radius 2 is 1.57 bits per heavy atom. The molecule has 42 heavy (non-hydrogen) atoms. The largest absolute Gasteiger partial charge is 1.00 e. The first-order valence-electron chi connectivity index (χ1n) is 14.1. The molecule has 3 heterocycles. The first-order chi connectivity index (χ1) is 19.1. The van der Waals surface area contributed by atoms with Crippen LogP contribution >= 0.6 is 0 Å². The SMILES string of the molecule is CC1(C)C(C=C/C=C2\C(C)(C)c3ccccc3[N+]23CCCC3S(=O)(=O)[O-])=[N+](CCCCS(=O)(=O)[O-])c2ccccc21.[K+]. The van der Waals surface area contributed by atoms with Crippen LogP contribution in [0.4, 0.5) is 11.4 Å². The molecule has 1 saturated heterocycles. The zero-order chi connectivity index (χ0) is 29.8. The number of rotatable bonds is 8. The van der Waals surface area contributed by atoms with Gasteiger partial charge >= 0.3 is 51.4 Å². The minimum Gasteiger partial charge on any atom is -0.748 e. The molecule has 2 unspecified atom stereocenters. The Kier molecular flexibility index (Phi) is 9.74. The predicted molar refractivity (Wildman–Crippen MR) is 159 cm³/mol. The van der Waals surface area contributed by atoms with Crippen LogP contribution in [0, 0.1) is 0 Å². The maximum absolute atomic E-state index is 12.6. The number of hydrogen-bond acceptors (Lipinski definition) is 6. The van der Waals surface area contributed by atoms with Gasteiger partial charge in [0.15, 0.2) is 21.2 Å². The number of fused-ring (bicyclic) bond motifs is 3. The molecule has 0 bridgehead atoms. The van der Waals surface area contributed by atoms with E-state index in [0.717, 1.165) is 33.9 Å². The molecule has 5 rings (SSSR count). The quantitative estimate of drug-likeness (QED) is 0.143. The van der Waals surface area contributed by atoms with Crippen molar-refractivity contribution in [2.45, 2.75) is 69.6 Å². The van der Waals surface area contributed by atoms with Gasteiger partial charge in [-0.15, -0.1) is 0 Å². The Morgan fingerprint density at radius 3 is 2.24 bits per heavy atom. The molecule has 0 radical (unpaired) electrons. The molecular formula is C31H38KN2O6S2+. The molecular weight excluding hydrogens is 600 g/mol. The van der Waals surface area contributed by atoms with Crippen LogP contribution in [0.3, 0.4) is 0 Å². The number of nitrogens with zero attached hydrogens (tertiary/aromatic N) is 2. The maximum atomic E-state index is 12.6. The average Bonchev–Trinajstić information content (AvgIpc) is 3.48. The van der Waals surface area contributed by atoms with Crippen molar-refractivity contribution in [3.63, 3.8) is 0 Å². The van der Waals surface area contributed by atoms with Crippen molar-refractivity contribution in [1.29, 1.82) is 0 Å². The van der Waals surface area contributed by atoms with E-state index in [1.165, 1.54) is 0 Å². The molecule has 0 N–H and O–H groups in total. The van der Waals surface area contributed by atoms with E-state index in [4.69, 9.17) is 0 Å². The second-order valence-electron chi connectivity index (χ2n) is 12.4. The minimum atomic E-state index is -4.57. The number of quaternary nitrogens is 1. The Morgan fingerprint density at radius 1 is 0.929 bits per heavy atom. The number of hydrogen-bond donors (Lipinski definition) is 0. The molecule has 11 heteroatoms. The molecule has 220 valence electrons. The molecule has 2 aromatic carbocycles. The van der Waals surface area contributed by atoms with Gasteiger partial charge in [0, 0.05) is 48.3 Å². The molecule has 0 amide bonds. The second kappa shape index (κ2) is 12.1. The van der Waals surface area contributed by atoms with E-state index in [2.05, 4.69) is 38.3 Å².